The largest absolute Gasteiger partial charge is 0.396 e. The van der Waals surface area contributed by atoms with Gasteiger partial charge >= 0.3 is 0 Å². The number of anilines is 1. The van der Waals surface area contributed by atoms with Crippen molar-refractivity contribution in [1.29, 1.82) is 5.26 Å². The fourth-order valence-electron chi connectivity index (χ4n) is 1.65. The fourth-order valence-corrected chi connectivity index (χ4v) is 3.12. The normalized spacial score (nSPS) is 10.9. The third-order valence-electron chi connectivity index (χ3n) is 2.58. The van der Waals surface area contributed by atoms with Crippen molar-refractivity contribution in [2.75, 3.05) is 5.73 Å². The first kappa shape index (κ1) is 13.1. The molecule has 0 saturated carbocycles. The van der Waals surface area contributed by atoms with Gasteiger partial charge in [-0.2, -0.15) is 5.26 Å². The van der Waals surface area contributed by atoms with E-state index in [0.717, 1.165) is 0 Å². The molecular weight excluding hydrogens is 262 g/mol. The number of nitrogen functional groups attached to an aromatic ring is 1. The molecule has 0 saturated heterocycles. The summed E-state index contributed by atoms with van der Waals surface area (Å²) in [4.78, 5) is 3.84. The lowest BCUT2D eigenvalue weighted by molar-refractivity contribution is 0.595. The molecule has 1 aromatic carbocycles. The van der Waals surface area contributed by atoms with Crippen LogP contribution in [0.3, 0.4) is 0 Å². The van der Waals surface area contributed by atoms with Crippen molar-refractivity contribution in [2.24, 2.45) is 0 Å². The van der Waals surface area contributed by atoms with E-state index < -0.39 is 9.84 Å². The molecule has 0 unspecified atom stereocenters. The summed E-state index contributed by atoms with van der Waals surface area (Å²) >= 11 is 0. The molecule has 0 radical (unpaired) electrons. The van der Waals surface area contributed by atoms with E-state index in [1.54, 1.807) is 24.3 Å². The minimum atomic E-state index is -3.51. The molecule has 5 nitrogen and oxygen atoms in total. The third kappa shape index (κ3) is 2.89. The van der Waals surface area contributed by atoms with Gasteiger partial charge in [0.05, 0.1) is 34.2 Å². The summed E-state index contributed by atoms with van der Waals surface area (Å²) in [6, 6.07) is 9.77. The molecule has 0 bridgehead atoms. The molecular formula is C13H11N3O2S. The lowest BCUT2D eigenvalue weighted by Crippen LogP contribution is -2.08. The number of sulfone groups is 1. The van der Waals surface area contributed by atoms with Gasteiger partial charge in [0.15, 0.2) is 9.84 Å². The maximum atomic E-state index is 12.2. The second-order valence-electron chi connectivity index (χ2n) is 3.98. The summed E-state index contributed by atoms with van der Waals surface area (Å²) in [5.74, 6) is -0.160. The van der Waals surface area contributed by atoms with E-state index in [1.165, 1.54) is 18.5 Å². The molecule has 19 heavy (non-hydrogen) atoms. The van der Waals surface area contributed by atoms with E-state index in [2.05, 4.69) is 4.98 Å². The van der Waals surface area contributed by atoms with Crippen LogP contribution in [0.15, 0.2) is 47.6 Å². The van der Waals surface area contributed by atoms with Crippen LogP contribution in [0.1, 0.15) is 11.1 Å². The quantitative estimate of drug-likeness (QED) is 0.914. The summed E-state index contributed by atoms with van der Waals surface area (Å²) < 4.78 is 24.4. The molecule has 2 aromatic rings. The van der Waals surface area contributed by atoms with Gasteiger partial charge in [0.2, 0.25) is 0 Å². The van der Waals surface area contributed by atoms with Crippen LogP contribution < -0.4 is 5.73 Å². The average Bonchev–Trinajstić information content (AvgIpc) is 2.39. The zero-order valence-corrected chi connectivity index (χ0v) is 10.8. The number of rotatable bonds is 3. The molecule has 0 aliphatic carbocycles. The minimum Gasteiger partial charge on any atom is -0.396 e. The van der Waals surface area contributed by atoms with E-state index >= 15 is 0 Å². The Morgan fingerprint density at radius 2 is 1.89 bits per heavy atom. The highest BCUT2D eigenvalue weighted by Crippen LogP contribution is 2.21. The number of aromatic nitrogens is 1. The number of nitrogens with two attached hydrogens (primary N) is 1. The van der Waals surface area contributed by atoms with Gasteiger partial charge in [-0.3, -0.25) is 4.98 Å². The van der Waals surface area contributed by atoms with E-state index in [1.807, 2.05) is 6.07 Å². The zero-order chi connectivity index (χ0) is 13.9. The molecule has 0 amide bonds. The molecule has 0 fully saturated rings. The first-order valence-electron chi connectivity index (χ1n) is 5.44. The van der Waals surface area contributed by atoms with Gasteiger partial charge in [0.25, 0.3) is 0 Å². The molecule has 6 heteroatoms. The minimum absolute atomic E-state index is 0.0758. The Bertz CT molecular complexity index is 731. The number of benzene rings is 1. The van der Waals surface area contributed by atoms with Crippen LogP contribution in [0, 0.1) is 11.3 Å². The maximum absolute atomic E-state index is 12.2. The number of pyridine rings is 1. The van der Waals surface area contributed by atoms with Crippen LogP contribution in [0.4, 0.5) is 5.69 Å². The second kappa shape index (κ2) is 5.08. The molecule has 1 heterocycles. The Labute approximate surface area is 111 Å². The Balaban J connectivity index is 2.32. The molecule has 0 spiro atoms. The van der Waals surface area contributed by atoms with Crippen LogP contribution in [0.25, 0.3) is 0 Å². The van der Waals surface area contributed by atoms with Crippen molar-refractivity contribution >= 4 is 15.5 Å². The Morgan fingerprint density at radius 1 is 1.21 bits per heavy atom. The van der Waals surface area contributed by atoms with Crippen LogP contribution in [-0.4, -0.2) is 13.4 Å². The van der Waals surface area contributed by atoms with E-state index in [-0.39, 0.29) is 16.3 Å². The molecule has 0 aliphatic rings. The van der Waals surface area contributed by atoms with E-state index in [4.69, 9.17) is 11.0 Å². The predicted molar refractivity (Wildman–Crippen MR) is 70.7 cm³/mol. The molecule has 0 atom stereocenters. The molecule has 1 aromatic heterocycles. The van der Waals surface area contributed by atoms with Gasteiger partial charge in [-0.1, -0.05) is 12.1 Å². The monoisotopic (exact) mass is 273 g/mol. The number of hydrogen-bond donors (Lipinski definition) is 1. The molecule has 0 aliphatic heterocycles. The maximum Gasteiger partial charge on any atom is 0.184 e. The van der Waals surface area contributed by atoms with Gasteiger partial charge in [0.1, 0.15) is 0 Å². The first-order chi connectivity index (χ1) is 9.03. The standard InChI is InChI=1S/C13H11N3O2S/c14-7-10-1-3-11(4-2-10)9-19(17,18)13-5-6-16-8-12(13)15/h1-6,8H,9,15H2. The highest BCUT2D eigenvalue weighted by molar-refractivity contribution is 7.90. The van der Waals surface area contributed by atoms with E-state index in [9.17, 15) is 8.42 Å². The highest BCUT2D eigenvalue weighted by Gasteiger charge is 2.18. The van der Waals surface area contributed by atoms with Gasteiger partial charge in [-0.25, -0.2) is 8.42 Å². The summed E-state index contributed by atoms with van der Waals surface area (Å²) in [6.07, 6.45) is 2.70. The van der Waals surface area contributed by atoms with Crippen molar-refractivity contribution in [3.05, 3.63) is 53.9 Å². The lowest BCUT2D eigenvalue weighted by Gasteiger charge is -2.06. The molecule has 2 N–H and O–H groups in total. The summed E-state index contributed by atoms with van der Waals surface area (Å²) in [6.45, 7) is 0. The van der Waals surface area contributed by atoms with Crippen LogP contribution in [0.2, 0.25) is 0 Å². The number of nitrogens with zero attached hydrogens (tertiary/aromatic N) is 2. The summed E-state index contributed by atoms with van der Waals surface area (Å²) in [7, 11) is -3.51. The van der Waals surface area contributed by atoms with Crippen molar-refractivity contribution in [1.82, 2.24) is 4.98 Å². The van der Waals surface area contributed by atoms with Crippen molar-refractivity contribution in [2.45, 2.75) is 10.6 Å². The zero-order valence-electron chi connectivity index (χ0n) is 9.95. The van der Waals surface area contributed by atoms with Crippen molar-refractivity contribution in [3.63, 3.8) is 0 Å². The van der Waals surface area contributed by atoms with Crippen molar-refractivity contribution < 1.29 is 8.42 Å². The Kier molecular flexibility index (Phi) is 3.49. The lowest BCUT2D eigenvalue weighted by atomic mass is 10.2. The number of hydrogen-bond acceptors (Lipinski definition) is 5. The second-order valence-corrected chi connectivity index (χ2v) is 5.94. The fraction of sp³-hybridized carbons (Fsp3) is 0.0769. The third-order valence-corrected chi connectivity index (χ3v) is 4.34. The van der Waals surface area contributed by atoms with E-state index in [0.29, 0.717) is 11.1 Å². The van der Waals surface area contributed by atoms with Gasteiger partial charge < -0.3 is 5.73 Å². The van der Waals surface area contributed by atoms with Crippen LogP contribution in [0.5, 0.6) is 0 Å². The topological polar surface area (TPSA) is 96.8 Å². The molecule has 2 rings (SSSR count). The van der Waals surface area contributed by atoms with Crippen LogP contribution >= 0.6 is 0 Å². The SMILES string of the molecule is N#Cc1ccc(CS(=O)(=O)c2ccncc2N)cc1. The predicted octanol–water partition coefficient (Wildman–Crippen LogP) is 1.51. The number of nitriles is 1. The van der Waals surface area contributed by atoms with Crippen LogP contribution in [-0.2, 0) is 15.6 Å². The van der Waals surface area contributed by atoms with Gasteiger partial charge in [-0.05, 0) is 23.8 Å². The summed E-state index contributed by atoms with van der Waals surface area (Å²) in [5, 5.41) is 8.68. The van der Waals surface area contributed by atoms with Gasteiger partial charge in [0, 0.05) is 6.20 Å². The highest BCUT2D eigenvalue weighted by atomic mass is 32.2. The Morgan fingerprint density at radius 3 is 2.47 bits per heavy atom. The average molecular weight is 273 g/mol. The van der Waals surface area contributed by atoms with Crippen molar-refractivity contribution in [3.8, 4) is 6.07 Å². The van der Waals surface area contributed by atoms with Gasteiger partial charge in [-0.15, -0.1) is 0 Å². The Hall–Kier alpha value is -2.39. The molecule has 96 valence electrons. The summed E-state index contributed by atoms with van der Waals surface area (Å²) in [5.41, 5.74) is 6.85. The smallest absolute Gasteiger partial charge is 0.184 e. The first-order valence-corrected chi connectivity index (χ1v) is 7.09.